The second kappa shape index (κ2) is 5.28. The summed E-state index contributed by atoms with van der Waals surface area (Å²) < 4.78 is 16.1. The van der Waals surface area contributed by atoms with Gasteiger partial charge in [0.15, 0.2) is 0 Å². The average Bonchev–Trinajstić information content (AvgIpc) is 3.06. The largest absolute Gasteiger partial charge is 0.492 e. The SMILES string of the molecule is COC(OC)c1csc(C2COc3ccccc32)n1. The lowest BCUT2D eigenvalue weighted by Gasteiger charge is -2.10. The summed E-state index contributed by atoms with van der Waals surface area (Å²) in [6.45, 7) is 0.650. The molecule has 2 aromatic rings. The Morgan fingerprint density at radius 2 is 2.11 bits per heavy atom. The van der Waals surface area contributed by atoms with Crippen molar-refractivity contribution in [3.8, 4) is 5.75 Å². The Bertz CT molecular complexity index is 565. The first-order chi connectivity index (χ1) is 9.33. The molecule has 0 bridgehead atoms. The van der Waals surface area contributed by atoms with E-state index < -0.39 is 6.29 Å². The number of hydrogen-bond donors (Lipinski definition) is 0. The van der Waals surface area contributed by atoms with Crippen LogP contribution >= 0.6 is 11.3 Å². The van der Waals surface area contributed by atoms with Crippen molar-refractivity contribution in [1.29, 1.82) is 0 Å². The molecule has 19 heavy (non-hydrogen) atoms. The topological polar surface area (TPSA) is 40.6 Å². The standard InChI is InChI=1S/C14H15NO3S/c1-16-14(17-2)11-8-19-13(15-11)10-7-18-12-6-4-3-5-9(10)12/h3-6,8,10,14H,7H2,1-2H3. The zero-order valence-corrected chi connectivity index (χ0v) is 11.6. The highest BCUT2D eigenvalue weighted by molar-refractivity contribution is 7.09. The summed E-state index contributed by atoms with van der Waals surface area (Å²) in [6.07, 6.45) is -0.400. The van der Waals surface area contributed by atoms with Crippen molar-refractivity contribution in [3.63, 3.8) is 0 Å². The maximum atomic E-state index is 5.69. The molecule has 0 aliphatic carbocycles. The molecule has 0 radical (unpaired) electrons. The van der Waals surface area contributed by atoms with Crippen LogP contribution in [0.2, 0.25) is 0 Å². The van der Waals surface area contributed by atoms with Gasteiger partial charge < -0.3 is 14.2 Å². The van der Waals surface area contributed by atoms with Gasteiger partial charge in [-0.05, 0) is 6.07 Å². The van der Waals surface area contributed by atoms with E-state index in [1.165, 1.54) is 5.56 Å². The minimum Gasteiger partial charge on any atom is -0.492 e. The fraction of sp³-hybridized carbons (Fsp3) is 0.357. The van der Waals surface area contributed by atoms with Crippen LogP contribution in [0, 0.1) is 0 Å². The molecule has 1 aliphatic heterocycles. The monoisotopic (exact) mass is 277 g/mol. The van der Waals surface area contributed by atoms with Crippen molar-refractivity contribution in [2.75, 3.05) is 20.8 Å². The minimum absolute atomic E-state index is 0.212. The lowest BCUT2D eigenvalue weighted by molar-refractivity contribution is -0.108. The number of para-hydroxylation sites is 1. The molecule has 100 valence electrons. The quantitative estimate of drug-likeness (QED) is 0.806. The van der Waals surface area contributed by atoms with E-state index in [9.17, 15) is 0 Å². The second-order valence-electron chi connectivity index (χ2n) is 4.32. The second-order valence-corrected chi connectivity index (χ2v) is 5.21. The highest BCUT2D eigenvalue weighted by Crippen LogP contribution is 2.39. The molecule has 0 amide bonds. The molecule has 0 saturated carbocycles. The fourth-order valence-electron chi connectivity index (χ4n) is 2.27. The Morgan fingerprint density at radius 1 is 1.32 bits per heavy atom. The molecule has 5 heteroatoms. The van der Waals surface area contributed by atoms with Gasteiger partial charge in [0.1, 0.15) is 23.1 Å². The van der Waals surface area contributed by atoms with Crippen LogP contribution < -0.4 is 4.74 Å². The van der Waals surface area contributed by atoms with E-state index in [-0.39, 0.29) is 5.92 Å². The molecule has 4 nitrogen and oxygen atoms in total. The molecule has 1 unspecified atom stereocenters. The molecular weight excluding hydrogens is 262 g/mol. The number of ether oxygens (including phenoxy) is 3. The zero-order valence-electron chi connectivity index (χ0n) is 10.8. The van der Waals surface area contributed by atoms with Gasteiger partial charge in [0.2, 0.25) is 6.29 Å². The third kappa shape index (κ3) is 2.25. The number of benzene rings is 1. The van der Waals surface area contributed by atoms with Gasteiger partial charge in [-0.1, -0.05) is 18.2 Å². The summed E-state index contributed by atoms with van der Waals surface area (Å²) in [4.78, 5) is 4.62. The lowest BCUT2D eigenvalue weighted by atomic mass is 10.0. The maximum Gasteiger partial charge on any atom is 0.201 e. The van der Waals surface area contributed by atoms with Crippen LogP contribution in [0.1, 0.15) is 28.5 Å². The maximum absolute atomic E-state index is 5.69. The van der Waals surface area contributed by atoms with Crippen LogP contribution in [-0.4, -0.2) is 25.8 Å². The lowest BCUT2D eigenvalue weighted by Crippen LogP contribution is -2.06. The van der Waals surface area contributed by atoms with E-state index in [1.54, 1.807) is 25.6 Å². The first kappa shape index (κ1) is 12.6. The normalized spacial score (nSPS) is 17.5. The van der Waals surface area contributed by atoms with E-state index in [0.717, 1.165) is 16.5 Å². The smallest absolute Gasteiger partial charge is 0.201 e. The Hall–Kier alpha value is -1.43. The molecule has 0 fully saturated rings. The van der Waals surface area contributed by atoms with Crippen LogP contribution in [0.5, 0.6) is 5.75 Å². The first-order valence-corrected chi connectivity index (χ1v) is 6.94. The van der Waals surface area contributed by atoms with E-state index in [1.807, 2.05) is 23.6 Å². The highest BCUT2D eigenvalue weighted by Gasteiger charge is 2.28. The molecular formula is C14H15NO3S. The van der Waals surface area contributed by atoms with Gasteiger partial charge in [-0.2, -0.15) is 0 Å². The van der Waals surface area contributed by atoms with Crippen LogP contribution in [-0.2, 0) is 9.47 Å². The van der Waals surface area contributed by atoms with Gasteiger partial charge in [0.25, 0.3) is 0 Å². The molecule has 0 saturated heterocycles. The summed E-state index contributed by atoms with van der Waals surface area (Å²) in [6, 6.07) is 8.11. The first-order valence-electron chi connectivity index (χ1n) is 6.06. The van der Waals surface area contributed by atoms with E-state index >= 15 is 0 Å². The fourth-order valence-corrected chi connectivity index (χ4v) is 3.20. The molecule has 2 heterocycles. The predicted octanol–water partition coefficient (Wildman–Crippen LogP) is 2.96. The number of hydrogen-bond acceptors (Lipinski definition) is 5. The van der Waals surface area contributed by atoms with Crippen LogP contribution in [0.25, 0.3) is 0 Å². The number of methoxy groups -OCH3 is 2. The van der Waals surface area contributed by atoms with Crippen molar-refractivity contribution in [1.82, 2.24) is 4.98 Å². The average molecular weight is 277 g/mol. The third-order valence-corrected chi connectivity index (χ3v) is 4.18. The van der Waals surface area contributed by atoms with E-state index in [2.05, 4.69) is 11.1 Å². The third-order valence-electron chi connectivity index (χ3n) is 3.21. The summed E-state index contributed by atoms with van der Waals surface area (Å²) >= 11 is 1.62. The van der Waals surface area contributed by atoms with Gasteiger partial charge in [0, 0.05) is 25.2 Å². The van der Waals surface area contributed by atoms with Crippen molar-refractivity contribution < 1.29 is 14.2 Å². The van der Waals surface area contributed by atoms with Crippen molar-refractivity contribution in [3.05, 3.63) is 45.9 Å². The molecule has 1 aliphatic rings. The molecule has 1 aromatic carbocycles. The van der Waals surface area contributed by atoms with Crippen molar-refractivity contribution in [2.24, 2.45) is 0 Å². The zero-order chi connectivity index (χ0) is 13.2. The summed E-state index contributed by atoms with van der Waals surface area (Å²) in [5.41, 5.74) is 2.02. The number of thiazole rings is 1. The number of nitrogens with zero attached hydrogens (tertiary/aromatic N) is 1. The van der Waals surface area contributed by atoms with Gasteiger partial charge in [0.05, 0.1) is 5.92 Å². The van der Waals surface area contributed by atoms with Gasteiger partial charge in [-0.15, -0.1) is 11.3 Å². The number of aromatic nitrogens is 1. The summed E-state index contributed by atoms with van der Waals surface area (Å²) in [5.74, 6) is 1.17. The predicted molar refractivity (Wildman–Crippen MR) is 72.7 cm³/mol. The Labute approximate surface area is 116 Å². The Morgan fingerprint density at radius 3 is 2.89 bits per heavy atom. The molecule has 1 atom stereocenters. The van der Waals surface area contributed by atoms with Gasteiger partial charge in [-0.3, -0.25) is 0 Å². The summed E-state index contributed by atoms with van der Waals surface area (Å²) in [7, 11) is 3.22. The van der Waals surface area contributed by atoms with E-state index in [0.29, 0.717) is 6.61 Å². The number of rotatable bonds is 4. The Kier molecular flexibility index (Phi) is 3.50. The van der Waals surface area contributed by atoms with Crippen LogP contribution in [0.4, 0.5) is 0 Å². The van der Waals surface area contributed by atoms with Crippen LogP contribution in [0.15, 0.2) is 29.6 Å². The molecule has 0 spiro atoms. The molecule has 1 aromatic heterocycles. The number of fused-ring (bicyclic) bond motifs is 1. The van der Waals surface area contributed by atoms with E-state index in [4.69, 9.17) is 14.2 Å². The highest BCUT2D eigenvalue weighted by atomic mass is 32.1. The van der Waals surface area contributed by atoms with Crippen molar-refractivity contribution >= 4 is 11.3 Å². The van der Waals surface area contributed by atoms with Crippen molar-refractivity contribution in [2.45, 2.75) is 12.2 Å². The van der Waals surface area contributed by atoms with Gasteiger partial charge in [-0.25, -0.2) is 4.98 Å². The minimum atomic E-state index is -0.400. The molecule has 3 rings (SSSR count). The summed E-state index contributed by atoms with van der Waals surface area (Å²) in [5, 5.41) is 3.02. The van der Waals surface area contributed by atoms with Crippen LogP contribution in [0.3, 0.4) is 0 Å². The molecule has 0 N–H and O–H groups in total. The Balaban J connectivity index is 1.88. The van der Waals surface area contributed by atoms with Gasteiger partial charge >= 0.3 is 0 Å².